The van der Waals surface area contributed by atoms with Crippen molar-refractivity contribution < 1.29 is 42.3 Å². The summed E-state index contributed by atoms with van der Waals surface area (Å²) in [6.45, 7) is 3.53. The smallest absolute Gasteiger partial charge is 0.462 e. The molecule has 1 fully saturated rings. The molecule has 0 bridgehead atoms. The van der Waals surface area contributed by atoms with Gasteiger partial charge in [-0.25, -0.2) is 4.57 Å². The van der Waals surface area contributed by atoms with Crippen LogP contribution in [0, 0.1) is 0 Å². The summed E-state index contributed by atoms with van der Waals surface area (Å²) in [6, 6.07) is 0. The molecule has 1 rings (SSSR count). The summed E-state index contributed by atoms with van der Waals surface area (Å²) in [5.74, 6) is -0.950. The fraction of sp³-hybridized carbons (Fsp3) is 0.660. The van der Waals surface area contributed by atoms with Crippen molar-refractivity contribution in [2.24, 2.45) is 5.73 Å². The molecule has 0 aliphatic carbocycles. The predicted octanol–water partition coefficient (Wildman–Crippen LogP) is 11.8. The topological polar surface area (TPSA) is 147 Å². The molecule has 0 radical (unpaired) electrons. The van der Waals surface area contributed by atoms with Crippen LogP contribution >= 0.6 is 7.82 Å². The number of rotatable bonds is 39. The first kappa shape index (κ1) is 53.2. The Morgan fingerprint density at radius 3 is 1.66 bits per heavy atom. The lowest BCUT2D eigenvalue weighted by molar-refractivity contribution is -0.161. The highest BCUT2D eigenvalue weighted by molar-refractivity contribution is 7.47. The van der Waals surface area contributed by atoms with Crippen molar-refractivity contribution in [2.45, 2.75) is 173 Å². The van der Waals surface area contributed by atoms with Gasteiger partial charge in [-0.2, -0.15) is 0 Å². The van der Waals surface area contributed by atoms with E-state index in [-0.39, 0.29) is 44.8 Å². The second-order valence-corrected chi connectivity index (χ2v) is 16.0. The van der Waals surface area contributed by atoms with Crippen molar-refractivity contribution in [2.75, 3.05) is 26.4 Å². The summed E-state index contributed by atoms with van der Waals surface area (Å²) >= 11 is 0. The zero-order valence-corrected chi connectivity index (χ0v) is 36.8. The maximum atomic E-state index is 12.7. The van der Waals surface area contributed by atoms with Gasteiger partial charge in [-0.1, -0.05) is 131 Å². The molecular weight excluding hydrogens is 753 g/mol. The van der Waals surface area contributed by atoms with E-state index in [4.69, 9.17) is 29.0 Å². The van der Waals surface area contributed by atoms with E-state index < -0.39 is 32.5 Å². The van der Waals surface area contributed by atoms with E-state index in [1.807, 2.05) is 0 Å². The molecule has 0 aromatic carbocycles. The molecule has 1 heterocycles. The molecule has 0 amide bonds. The monoisotopic (exact) mass is 832 g/mol. The van der Waals surface area contributed by atoms with Crippen molar-refractivity contribution in [1.29, 1.82) is 0 Å². The molecule has 1 saturated heterocycles. The maximum absolute atomic E-state index is 12.7. The number of carbonyl (C=O) groups excluding carboxylic acids is 2. The summed E-state index contributed by atoms with van der Waals surface area (Å²) in [4.78, 5) is 35.0. The van der Waals surface area contributed by atoms with Crippen molar-refractivity contribution in [3.05, 3.63) is 85.1 Å². The van der Waals surface area contributed by atoms with Crippen molar-refractivity contribution in [3.63, 3.8) is 0 Å². The normalized spacial score (nSPS) is 17.6. The number of carbonyl (C=O) groups is 2. The maximum Gasteiger partial charge on any atom is 0.472 e. The molecule has 0 aromatic rings. The minimum atomic E-state index is -4.42. The van der Waals surface area contributed by atoms with Gasteiger partial charge in [-0.3, -0.25) is 18.6 Å². The van der Waals surface area contributed by atoms with Crippen LogP contribution in [0.25, 0.3) is 0 Å². The van der Waals surface area contributed by atoms with Gasteiger partial charge in [0.25, 0.3) is 0 Å². The van der Waals surface area contributed by atoms with E-state index in [0.29, 0.717) is 12.8 Å². The Hall–Kier alpha value is -2.85. The minimum Gasteiger partial charge on any atom is -0.462 e. The number of phosphoric acid groups is 1. The Balaban J connectivity index is 2.27. The molecule has 0 saturated carbocycles. The first-order valence-corrected chi connectivity index (χ1v) is 23.7. The number of allylic oxidation sites excluding steroid dienone is 13. The number of unbranched alkanes of at least 4 members (excludes halogenated alkanes) is 9. The van der Waals surface area contributed by atoms with Crippen LogP contribution in [-0.4, -0.2) is 61.5 Å². The van der Waals surface area contributed by atoms with Crippen molar-refractivity contribution in [3.8, 4) is 0 Å². The molecule has 3 N–H and O–H groups in total. The van der Waals surface area contributed by atoms with E-state index >= 15 is 0 Å². The number of phosphoric ester groups is 1. The third kappa shape index (κ3) is 35.1. The summed E-state index contributed by atoms with van der Waals surface area (Å²) in [6.07, 6.45) is 50.6. The lowest BCUT2D eigenvalue weighted by Crippen LogP contribution is -2.29. The summed E-state index contributed by atoms with van der Waals surface area (Å²) in [5.41, 5.74) is 5.35. The van der Waals surface area contributed by atoms with Crippen LogP contribution in [0.5, 0.6) is 0 Å². The second-order valence-electron chi connectivity index (χ2n) is 14.6. The van der Waals surface area contributed by atoms with Crippen LogP contribution in [-0.2, 0) is 37.4 Å². The molecule has 1 aliphatic rings. The lowest BCUT2D eigenvalue weighted by atomic mass is 10.1. The Morgan fingerprint density at radius 2 is 1.12 bits per heavy atom. The zero-order valence-electron chi connectivity index (χ0n) is 35.9. The number of hydrogen-bond acceptors (Lipinski definition) is 9. The molecule has 0 aromatic heterocycles. The second kappa shape index (κ2) is 38.4. The zero-order chi connectivity index (χ0) is 42.2. The van der Waals surface area contributed by atoms with E-state index in [0.717, 1.165) is 70.6 Å². The van der Waals surface area contributed by atoms with Crippen molar-refractivity contribution in [1.82, 2.24) is 0 Å². The summed E-state index contributed by atoms with van der Waals surface area (Å²) in [5, 5.41) is 0. The highest BCUT2D eigenvalue weighted by atomic mass is 31.2. The van der Waals surface area contributed by atoms with Gasteiger partial charge in [0.05, 0.1) is 25.4 Å². The average Bonchev–Trinajstić information content (AvgIpc) is 3.97. The van der Waals surface area contributed by atoms with Crippen LogP contribution in [0.3, 0.4) is 0 Å². The molecule has 3 unspecified atom stereocenters. The van der Waals surface area contributed by atoms with E-state index in [9.17, 15) is 19.0 Å². The first-order chi connectivity index (χ1) is 28.3. The first-order valence-electron chi connectivity index (χ1n) is 22.2. The van der Waals surface area contributed by atoms with Crippen LogP contribution in [0.4, 0.5) is 0 Å². The predicted molar refractivity (Wildman–Crippen MR) is 237 cm³/mol. The molecule has 0 spiro atoms. The highest BCUT2D eigenvalue weighted by Crippen LogP contribution is 2.43. The lowest BCUT2D eigenvalue weighted by Gasteiger charge is -2.19. The molecule has 1 aliphatic heterocycles. The number of hydrogen-bond donors (Lipinski definition) is 2. The van der Waals surface area contributed by atoms with Gasteiger partial charge in [-0.05, 0) is 96.3 Å². The van der Waals surface area contributed by atoms with Crippen LogP contribution in [0.2, 0.25) is 0 Å². The Bertz CT molecular complexity index is 1290. The van der Waals surface area contributed by atoms with Crippen LogP contribution < -0.4 is 5.73 Å². The van der Waals surface area contributed by atoms with Gasteiger partial charge >= 0.3 is 19.8 Å². The highest BCUT2D eigenvalue weighted by Gasteiger charge is 2.36. The van der Waals surface area contributed by atoms with Gasteiger partial charge in [0, 0.05) is 19.4 Å². The quantitative estimate of drug-likeness (QED) is 0.0202. The molecule has 11 heteroatoms. The number of esters is 2. The van der Waals surface area contributed by atoms with E-state index in [1.165, 1.54) is 44.9 Å². The molecule has 58 heavy (non-hydrogen) atoms. The van der Waals surface area contributed by atoms with Crippen LogP contribution in [0.1, 0.15) is 155 Å². The Kier molecular flexibility index (Phi) is 35.2. The largest absolute Gasteiger partial charge is 0.472 e. The number of epoxide rings is 1. The fourth-order valence-electron chi connectivity index (χ4n) is 5.76. The van der Waals surface area contributed by atoms with Gasteiger partial charge in [-0.15, -0.1) is 0 Å². The molecule has 330 valence electrons. The van der Waals surface area contributed by atoms with Gasteiger partial charge < -0.3 is 24.8 Å². The number of nitrogens with two attached hydrogens (primary N) is 1. The van der Waals surface area contributed by atoms with Gasteiger partial charge in [0.1, 0.15) is 6.61 Å². The van der Waals surface area contributed by atoms with Crippen LogP contribution in [0.15, 0.2) is 85.1 Å². The minimum absolute atomic E-state index is 0.0318. The number of ether oxygens (including phenoxy) is 3. The van der Waals surface area contributed by atoms with Crippen molar-refractivity contribution >= 4 is 19.8 Å². The molecular formula is C47H78NO9P. The summed E-state index contributed by atoms with van der Waals surface area (Å²) in [7, 11) is -4.42. The van der Waals surface area contributed by atoms with Gasteiger partial charge in [0.15, 0.2) is 6.10 Å². The molecule has 10 nitrogen and oxygen atoms in total. The molecule has 4 atom stereocenters. The van der Waals surface area contributed by atoms with E-state index in [1.54, 1.807) is 0 Å². The standard InChI is InChI=1S/C47H78NO9P/c1-3-5-7-9-11-13-15-17-18-19-20-21-22-23-25-27-29-31-33-37-46(49)53-41-43(42-55-58(51,52)54-40-39-48)56-47(50)38-34-36-45-44(57-45)35-32-30-28-26-24-16-14-12-10-8-6-4-2/h11-14,17-18,20-21,23-26,30,32,43-45H,3-10,15-16,19,22,27-29,31,33-42,48H2,1-2H3,(H,51,52)/b13-11-,14-12-,18-17-,21-20-,25-23-,26-24-,32-30-/t43-,44?,45?/m1/s1. The third-order valence-electron chi connectivity index (χ3n) is 9.18. The Morgan fingerprint density at radius 1 is 0.621 bits per heavy atom. The summed E-state index contributed by atoms with van der Waals surface area (Å²) < 4.78 is 38.5. The van der Waals surface area contributed by atoms with E-state index in [2.05, 4.69) is 98.9 Å². The third-order valence-corrected chi connectivity index (χ3v) is 10.2. The Labute approximate surface area is 351 Å². The fourth-order valence-corrected chi connectivity index (χ4v) is 6.53. The average molecular weight is 832 g/mol. The SMILES string of the molecule is CCCCC/C=C\C/C=C\C/C=C\C/C=C\CCCCCC(=O)OC[C@H](COP(=O)(O)OCCN)OC(=O)CCCC1OC1C/C=C\C/C=C\C/C=C\CCCCC. The van der Waals surface area contributed by atoms with Gasteiger partial charge in [0.2, 0.25) is 0 Å².